The molecule has 1 aliphatic rings. The fraction of sp³-hybridized carbons (Fsp3) is 0.276. The molecule has 4 rings (SSSR count). The molecule has 0 spiro atoms. The summed E-state index contributed by atoms with van der Waals surface area (Å²) in [7, 11) is 1.74. The van der Waals surface area contributed by atoms with Gasteiger partial charge in [-0.25, -0.2) is 9.59 Å². The van der Waals surface area contributed by atoms with Crippen molar-refractivity contribution in [2.75, 3.05) is 38.5 Å². The molecule has 1 aliphatic heterocycles. The van der Waals surface area contributed by atoms with Crippen LogP contribution < -0.4 is 5.32 Å². The number of hydrogen-bond donors (Lipinski definition) is 2. The Bertz CT molecular complexity index is 1220. The number of hydrogen-bond acceptors (Lipinski definition) is 5. The number of carboxylic acids is 1. The van der Waals surface area contributed by atoms with Crippen LogP contribution in [0.5, 0.6) is 0 Å². The molecule has 0 radical (unpaired) electrons. The van der Waals surface area contributed by atoms with Crippen LogP contribution in [0.2, 0.25) is 0 Å². The molecule has 37 heavy (non-hydrogen) atoms. The molecule has 0 aromatic heterocycles. The number of para-hydroxylation sites is 1. The third-order valence-electron chi connectivity index (χ3n) is 6.53. The highest BCUT2D eigenvalue weighted by Crippen LogP contribution is 2.28. The third kappa shape index (κ3) is 6.95. The van der Waals surface area contributed by atoms with E-state index in [4.69, 9.17) is 9.84 Å². The van der Waals surface area contributed by atoms with E-state index in [1.54, 1.807) is 11.9 Å². The smallest absolute Gasteiger partial charge is 0.411 e. The largest absolute Gasteiger partial charge is 0.478 e. The first-order valence-electron chi connectivity index (χ1n) is 12.3. The minimum atomic E-state index is -1.02. The van der Waals surface area contributed by atoms with E-state index in [1.165, 1.54) is 24.3 Å². The Morgan fingerprint density at radius 1 is 0.919 bits per heavy atom. The summed E-state index contributed by atoms with van der Waals surface area (Å²) in [4.78, 5) is 40.1. The van der Waals surface area contributed by atoms with Gasteiger partial charge in [0.25, 0.3) is 5.91 Å². The van der Waals surface area contributed by atoms with Gasteiger partial charge in [-0.15, -0.1) is 0 Å². The molecule has 1 heterocycles. The standard InChI is InChI=1S/C29H31N3O5/c1-31(27(33)22-11-13-23(14-12-22)28(34)35)19-20-32-17-15-24(16-18-32)37-29(36)30-26-10-6-5-9-25(26)21-7-3-2-4-8-21/h2-14,24H,15-20H2,1H3,(H,30,36)(H,34,35). The monoisotopic (exact) mass is 501 g/mol. The summed E-state index contributed by atoms with van der Waals surface area (Å²) in [5, 5.41) is 11.9. The summed E-state index contributed by atoms with van der Waals surface area (Å²) < 4.78 is 5.70. The number of likely N-dealkylation sites (N-methyl/N-ethyl adjacent to an activating group) is 1. The van der Waals surface area contributed by atoms with Gasteiger partial charge in [-0.2, -0.15) is 0 Å². The zero-order chi connectivity index (χ0) is 26.2. The van der Waals surface area contributed by atoms with E-state index in [-0.39, 0.29) is 17.6 Å². The van der Waals surface area contributed by atoms with Crippen LogP contribution in [0, 0.1) is 0 Å². The van der Waals surface area contributed by atoms with Crippen molar-refractivity contribution in [1.29, 1.82) is 0 Å². The molecule has 8 heteroatoms. The van der Waals surface area contributed by atoms with E-state index in [1.807, 2.05) is 54.6 Å². The first-order chi connectivity index (χ1) is 17.9. The summed E-state index contributed by atoms with van der Waals surface area (Å²) in [5.74, 6) is -1.17. The molecule has 0 unspecified atom stereocenters. The van der Waals surface area contributed by atoms with Crippen LogP contribution in [0.15, 0.2) is 78.9 Å². The Labute approximate surface area is 216 Å². The fourth-order valence-corrected chi connectivity index (χ4v) is 4.37. The molecule has 1 fully saturated rings. The zero-order valence-corrected chi connectivity index (χ0v) is 20.8. The number of likely N-dealkylation sites (tertiary alicyclic amines) is 1. The number of carbonyl (C=O) groups excluding carboxylic acids is 2. The summed E-state index contributed by atoms with van der Waals surface area (Å²) in [5.41, 5.74) is 3.28. The van der Waals surface area contributed by atoms with Gasteiger partial charge in [0.05, 0.1) is 11.3 Å². The molecule has 0 aliphatic carbocycles. The second-order valence-electron chi connectivity index (χ2n) is 9.09. The van der Waals surface area contributed by atoms with E-state index < -0.39 is 12.1 Å². The topological polar surface area (TPSA) is 99.2 Å². The third-order valence-corrected chi connectivity index (χ3v) is 6.53. The molecule has 1 saturated heterocycles. The van der Waals surface area contributed by atoms with Crippen LogP contribution in [0.25, 0.3) is 11.1 Å². The van der Waals surface area contributed by atoms with E-state index in [9.17, 15) is 14.4 Å². The molecule has 2 N–H and O–H groups in total. The summed E-state index contributed by atoms with van der Waals surface area (Å²) in [6.45, 7) is 2.79. The van der Waals surface area contributed by atoms with Crippen LogP contribution in [-0.4, -0.2) is 72.2 Å². The van der Waals surface area contributed by atoms with Crippen LogP contribution in [0.3, 0.4) is 0 Å². The summed E-state index contributed by atoms with van der Waals surface area (Å²) in [6.07, 6.45) is 0.831. The first kappa shape index (κ1) is 25.9. The maximum Gasteiger partial charge on any atom is 0.411 e. The molecular formula is C29H31N3O5. The lowest BCUT2D eigenvalue weighted by Gasteiger charge is -2.32. The van der Waals surface area contributed by atoms with Gasteiger partial charge < -0.3 is 19.6 Å². The number of ether oxygens (including phenoxy) is 1. The van der Waals surface area contributed by atoms with E-state index in [0.717, 1.165) is 37.1 Å². The van der Waals surface area contributed by atoms with Crippen molar-refractivity contribution < 1.29 is 24.2 Å². The number of rotatable bonds is 8. The number of benzene rings is 3. The number of piperidine rings is 1. The number of aromatic carboxylic acids is 1. The first-order valence-corrected chi connectivity index (χ1v) is 12.3. The minimum Gasteiger partial charge on any atom is -0.478 e. The molecule has 3 aromatic carbocycles. The number of carbonyl (C=O) groups is 3. The number of amides is 2. The predicted octanol–water partition coefficient (Wildman–Crippen LogP) is 4.84. The molecule has 0 atom stereocenters. The second-order valence-corrected chi connectivity index (χ2v) is 9.09. The molecule has 0 bridgehead atoms. The normalized spacial score (nSPS) is 14.1. The van der Waals surface area contributed by atoms with Gasteiger partial charge in [-0.1, -0.05) is 48.5 Å². The Balaban J connectivity index is 1.21. The van der Waals surface area contributed by atoms with Crippen molar-refractivity contribution in [3.05, 3.63) is 90.0 Å². The molecule has 2 amide bonds. The van der Waals surface area contributed by atoms with Crippen LogP contribution in [0.4, 0.5) is 10.5 Å². The van der Waals surface area contributed by atoms with Crippen LogP contribution >= 0.6 is 0 Å². The SMILES string of the molecule is CN(CCN1CCC(OC(=O)Nc2ccccc2-c2ccccc2)CC1)C(=O)c1ccc(C(=O)O)cc1. The molecule has 8 nitrogen and oxygen atoms in total. The lowest BCUT2D eigenvalue weighted by molar-refractivity contribution is 0.0540. The van der Waals surface area contributed by atoms with Gasteiger partial charge >= 0.3 is 12.1 Å². The van der Waals surface area contributed by atoms with Crippen LogP contribution in [0.1, 0.15) is 33.6 Å². The van der Waals surface area contributed by atoms with Gasteiger partial charge in [0.2, 0.25) is 0 Å². The van der Waals surface area contributed by atoms with Crippen molar-refractivity contribution >= 4 is 23.7 Å². The Morgan fingerprint density at radius 3 is 2.22 bits per heavy atom. The quantitative estimate of drug-likeness (QED) is 0.458. The van der Waals surface area contributed by atoms with Crippen molar-refractivity contribution in [2.24, 2.45) is 0 Å². The average molecular weight is 502 g/mol. The van der Waals surface area contributed by atoms with Crippen molar-refractivity contribution in [3.8, 4) is 11.1 Å². The summed E-state index contributed by atoms with van der Waals surface area (Å²) in [6, 6.07) is 23.5. The van der Waals surface area contributed by atoms with E-state index >= 15 is 0 Å². The Kier molecular flexibility index (Phi) is 8.53. The lowest BCUT2D eigenvalue weighted by atomic mass is 10.0. The maximum atomic E-state index is 12.6. The van der Waals surface area contributed by atoms with Crippen molar-refractivity contribution in [2.45, 2.75) is 18.9 Å². The molecule has 192 valence electrons. The summed E-state index contributed by atoms with van der Waals surface area (Å²) >= 11 is 0. The van der Waals surface area contributed by atoms with Gasteiger partial charge in [0, 0.05) is 44.4 Å². The number of nitrogens with one attached hydrogen (secondary N) is 1. The fourth-order valence-electron chi connectivity index (χ4n) is 4.37. The highest BCUT2D eigenvalue weighted by Gasteiger charge is 2.23. The van der Waals surface area contributed by atoms with E-state index in [2.05, 4.69) is 10.2 Å². The second kappa shape index (κ2) is 12.2. The highest BCUT2D eigenvalue weighted by atomic mass is 16.6. The van der Waals surface area contributed by atoms with E-state index in [0.29, 0.717) is 24.3 Å². The van der Waals surface area contributed by atoms with Gasteiger partial charge in [-0.3, -0.25) is 10.1 Å². The van der Waals surface area contributed by atoms with Gasteiger partial charge in [0.15, 0.2) is 0 Å². The number of nitrogens with zero attached hydrogens (tertiary/aromatic N) is 2. The Morgan fingerprint density at radius 2 is 1.54 bits per heavy atom. The highest BCUT2D eigenvalue weighted by molar-refractivity contribution is 5.95. The lowest BCUT2D eigenvalue weighted by Crippen LogP contribution is -2.42. The maximum absolute atomic E-state index is 12.6. The van der Waals surface area contributed by atoms with Crippen molar-refractivity contribution in [1.82, 2.24) is 9.80 Å². The van der Waals surface area contributed by atoms with Crippen LogP contribution in [-0.2, 0) is 4.74 Å². The number of anilines is 1. The minimum absolute atomic E-state index is 0.150. The number of carboxylic acid groups (broad SMARTS) is 1. The molecular weight excluding hydrogens is 470 g/mol. The molecule has 3 aromatic rings. The Hall–Kier alpha value is -4.17. The zero-order valence-electron chi connectivity index (χ0n) is 20.8. The van der Waals surface area contributed by atoms with Gasteiger partial charge in [-0.05, 0) is 48.7 Å². The van der Waals surface area contributed by atoms with Gasteiger partial charge in [0.1, 0.15) is 6.10 Å². The average Bonchev–Trinajstić information content (AvgIpc) is 2.93. The predicted molar refractivity (Wildman–Crippen MR) is 142 cm³/mol. The van der Waals surface area contributed by atoms with Crippen molar-refractivity contribution in [3.63, 3.8) is 0 Å². The molecule has 0 saturated carbocycles.